The highest BCUT2D eigenvalue weighted by molar-refractivity contribution is 5.99. The minimum Gasteiger partial charge on any atom is -0.481 e. The number of anilines is 1. The summed E-state index contributed by atoms with van der Waals surface area (Å²) in [5.41, 5.74) is 6.71. The van der Waals surface area contributed by atoms with E-state index in [-0.39, 0.29) is 0 Å². The highest BCUT2D eigenvalue weighted by atomic mass is 16.4. The van der Waals surface area contributed by atoms with Gasteiger partial charge >= 0.3 is 5.97 Å². The number of amides is 1. The molecule has 2 aromatic rings. The molecule has 8 nitrogen and oxygen atoms in total. The summed E-state index contributed by atoms with van der Waals surface area (Å²) in [6.07, 6.45) is 1.11. The van der Waals surface area contributed by atoms with Gasteiger partial charge in [0.05, 0.1) is 18.2 Å². The minimum absolute atomic E-state index is 0.433. The van der Waals surface area contributed by atoms with Gasteiger partial charge in [0.1, 0.15) is 6.33 Å². The van der Waals surface area contributed by atoms with E-state index < -0.39 is 24.3 Å². The van der Waals surface area contributed by atoms with Gasteiger partial charge in [0.2, 0.25) is 5.91 Å². The first kappa shape index (κ1) is 14.7. The Labute approximate surface area is 120 Å². The van der Waals surface area contributed by atoms with Crippen LogP contribution in [0.15, 0.2) is 30.6 Å². The van der Waals surface area contributed by atoms with Crippen LogP contribution in [0.25, 0.3) is 11.4 Å². The lowest BCUT2D eigenvalue weighted by atomic mass is 10.1. The number of nitrogens with two attached hydrogens (primary N) is 1. The molecule has 0 spiro atoms. The topological polar surface area (TPSA) is 123 Å². The van der Waals surface area contributed by atoms with Crippen LogP contribution in [-0.4, -0.2) is 37.8 Å². The van der Waals surface area contributed by atoms with Crippen molar-refractivity contribution in [2.24, 2.45) is 12.8 Å². The van der Waals surface area contributed by atoms with Crippen LogP contribution in [0.1, 0.15) is 6.42 Å². The zero-order valence-corrected chi connectivity index (χ0v) is 11.4. The van der Waals surface area contributed by atoms with Gasteiger partial charge < -0.3 is 20.7 Å². The van der Waals surface area contributed by atoms with Gasteiger partial charge in [-0.15, -0.1) is 10.2 Å². The number of benzene rings is 1. The summed E-state index contributed by atoms with van der Waals surface area (Å²) in [5, 5.41) is 19.1. The van der Waals surface area contributed by atoms with Gasteiger partial charge in [-0.1, -0.05) is 12.1 Å². The first-order valence-electron chi connectivity index (χ1n) is 6.20. The minimum atomic E-state index is -1.13. The molecule has 8 heteroatoms. The van der Waals surface area contributed by atoms with Crippen molar-refractivity contribution < 1.29 is 14.7 Å². The molecule has 4 N–H and O–H groups in total. The number of carbonyl (C=O) groups is 2. The standard InChI is InChI=1S/C13H15N5O3/c1-18-7-15-17-12(18)8-4-2-3-5-10(8)16-13(21)9(14)6-11(19)20/h2-5,7,9H,6,14H2,1H3,(H,16,21)(H,19,20). The Bertz CT molecular complexity index is 667. The summed E-state index contributed by atoms with van der Waals surface area (Å²) in [4.78, 5) is 22.5. The molecule has 0 bridgehead atoms. The summed E-state index contributed by atoms with van der Waals surface area (Å²) in [6.45, 7) is 0. The first-order valence-corrected chi connectivity index (χ1v) is 6.20. The summed E-state index contributed by atoms with van der Waals surface area (Å²) < 4.78 is 1.71. The van der Waals surface area contributed by atoms with Gasteiger partial charge in [-0.05, 0) is 12.1 Å². The van der Waals surface area contributed by atoms with Crippen molar-refractivity contribution in [2.75, 3.05) is 5.32 Å². The van der Waals surface area contributed by atoms with Crippen molar-refractivity contribution in [3.05, 3.63) is 30.6 Å². The number of nitrogens with one attached hydrogen (secondary N) is 1. The Morgan fingerprint density at radius 2 is 2.14 bits per heavy atom. The normalized spacial score (nSPS) is 11.9. The Morgan fingerprint density at radius 3 is 2.76 bits per heavy atom. The maximum absolute atomic E-state index is 11.9. The molecule has 0 aliphatic rings. The van der Waals surface area contributed by atoms with E-state index in [2.05, 4.69) is 15.5 Å². The largest absolute Gasteiger partial charge is 0.481 e. The molecule has 0 aliphatic heterocycles. The van der Waals surface area contributed by atoms with E-state index in [1.54, 1.807) is 42.2 Å². The number of hydrogen-bond acceptors (Lipinski definition) is 5. The Kier molecular flexibility index (Phi) is 4.29. The van der Waals surface area contributed by atoms with E-state index in [1.807, 2.05) is 0 Å². The summed E-state index contributed by atoms with van der Waals surface area (Å²) >= 11 is 0. The second kappa shape index (κ2) is 6.14. The lowest BCUT2D eigenvalue weighted by molar-refractivity contribution is -0.138. The fourth-order valence-corrected chi connectivity index (χ4v) is 1.82. The number of para-hydroxylation sites is 1. The molecular formula is C13H15N5O3. The third-order valence-electron chi connectivity index (χ3n) is 2.87. The number of aromatic nitrogens is 3. The first-order chi connectivity index (χ1) is 9.99. The van der Waals surface area contributed by atoms with Gasteiger partial charge in [0, 0.05) is 12.6 Å². The van der Waals surface area contributed by atoms with Crippen LogP contribution < -0.4 is 11.1 Å². The van der Waals surface area contributed by atoms with E-state index in [0.29, 0.717) is 17.1 Å². The molecule has 0 saturated carbocycles. The average molecular weight is 289 g/mol. The predicted molar refractivity (Wildman–Crippen MR) is 75.3 cm³/mol. The molecule has 0 fully saturated rings. The Morgan fingerprint density at radius 1 is 1.43 bits per heavy atom. The second-order valence-electron chi connectivity index (χ2n) is 4.50. The SMILES string of the molecule is Cn1cnnc1-c1ccccc1NC(=O)C(N)CC(=O)O. The van der Waals surface area contributed by atoms with Crippen molar-refractivity contribution in [1.29, 1.82) is 0 Å². The summed E-state index contributed by atoms with van der Waals surface area (Å²) in [7, 11) is 1.78. The van der Waals surface area contributed by atoms with Crippen LogP contribution in [0.3, 0.4) is 0 Å². The number of nitrogens with zero attached hydrogens (tertiary/aromatic N) is 3. The van der Waals surface area contributed by atoms with E-state index in [1.165, 1.54) is 0 Å². The van der Waals surface area contributed by atoms with Crippen LogP contribution in [0.4, 0.5) is 5.69 Å². The molecule has 1 unspecified atom stereocenters. The third kappa shape index (κ3) is 3.42. The monoisotopic (exact) mass is 289 g/mol. The maximum Gasteiger partial charge on any atom is 0.305 e. The van der Waals surface area contributed by atoms with Crippen LogP contribution in [0, 0.1) is 0 Å². The van der Waals surface area contributed by atoms with Crippen molar-refractivity contribution in [3.8, 4) is 11.4 Å². The number of aliphatic carboxylic acids is 1. The molecule has 21 heavy (non-hydrogen) atoms. The maximum atomic E-state index is 11.9. The van der Waals surface area contributed by atoms with E-state index in [0.717, 1.165) is 0 Å². The number of carboxylic acid groups (broad SMARTS) is 1. The zero-order valence-electron chi connectivity index (χ0n) is 11.4. The summed E-state index contributed by atoms with van der Waals surface area (Å²) in [5.74, 6) is -1.11. The highest BCUT2D eigenvalue weighted by Crippen LogP contribution is 2.25. The molecule has 2 rings (SSSR count). The molecular weight excluding hydrogens is 274 g/mol. The molecule has 1 aromatic carbocycles. The van der Waals surface area contributed by atoms with Crippen LogP contribution in [0.2, 0.25) is 0 Å². The smallest absolute Gasteiger partial charge is 0.305 e. The van der Waals surface area contributed by atoms with Crippen LogP contribution >= 0.6 is 0 Å². The highest BCUT2D eigenvalue weighted by Gasteiger charge is 2.19. The Hall–Kier alpha value is -2.74. The van der Waals surface area contributed by atoms with Crippen molar-refractivity contribution >= 4 is 17.6 Å². The third-order valence-corrected chi connectivity index (χ3v) is 2.87. The lowest BCUT2D eigenvalue weighted by Gasteiger charge is -2.13. The molecule has 110 valence electrons. The second-order valence-corrected chi connectivity index (χ2v) is 4.50. The number of rotatable bonds is 5. The average Bonchev–Trinajstić information content (AvgIpc) is 2.84. The van der Waals surface area contributed by atoms with E-state index >= 15 is 0 Å². The van der Waals surface area contributed by atoms with Gasteiger partial charge in [0.25, 0.3) is 0 Å². The number of carboxylic acids is 1. The molecule has 1 amide bonds. The fraction of sp³-hybridized carbons (Fsp3) is 0.231. The van der Waals surface area contributed by atoms with Crippen LogP contribution in [-0.2, 0) is 16.6 Å². The molecule has 0 saturated heterocycles. The number of carbonyl (C=O) groups excluding carboxylic acids is 1. The number of hydrogen-bond donors (Lipinski definition) is 3. The molecule has 1 heterocycles. The van der Waals surface area contributed by atoms with Crippen LogP contribution in [0.5, 0.6) is 0 Å². The van der Waals surface area contributed by atoms with Crippen molar-refractivity contribution in [1.82, 2.24) is 14.8 Å². The summed E-state index contributed by atoms with van der Waals surface area (Å²) in [6, 6.07) is 5.90. The Balaban J connectivity index is 2.24. The molecule has 0 aliphatic carbocycles. The van der Waals surface area contributed by atoms with E-state index in [9.17, 15) is 9.59 Å². The van der Waals surface area contributed by atoms with Gasteiger partial charge in [-0.2, -0.15) is 0 Å². The van der Waals surface area contributed by atoms with Gasteiger partial charge in [-0.3, -0.25) is 9.59 Å². The van der Waals surface area contributed by atoms with Crippen molar-refractivity contribution in [3.63, 3.8) is 0 Å². The van der Waals surface area contributed by atoms with Gasteiger partial charge in [-0.25, -0.2) is 0 Å². The quantitative estimate of drug-likeness (QED) is 0.723. The van der Waals surface area contributed by atoms with E-state index in [4.69, 9.17) is 10.8 Å². The number of aryl methyl sites for hydroxylation is 1. The molecule has 0 radical (unpaired) electrons. The predicted octanol–water partition coefficient (Wildman–Crippen LogP) is 0.223. The zero-order chi connectivity index (χ0) is 15.4. The lowest BCUT2D eigenvalue weighted by Crippen LogP contribution is -2.37. The fourth-order valence-electron chi connectivity index (χ4n) is 1.82. The van der Waals surface area contributed by atoms with Crippen molar-refractivity contribution in [2.45, 2.75) is 12.5 Å². The molecule has 1 atom stereocenters. The van der Waals surface area contributed by atoms with Gasteiger partial charge in [0.15, 0.2) is 5.82 Å². The molecule has 1 aromatic heterocycles.